The van der Waals surface area contributed by atoms with Crippen LogP contribution in [0.3, 0.4) is 0 Å². The van der Waals surface area contributed by atoms with Crippen molar-refractivity contribution in [2.24, 2.45) is 5.73 Å². The predicted molar refractivity (Wildman–Crippen MR) is 65.2 cm³/mol. The lowest BCUT2D eigenvalue weighted by Gasteiger charge is -2.05. The number of nitrogens with two attached hydrogens (primary N) is 1. The molecule has 0 saturated carbocycles. The summed E-state index contributed by atoms with van der Waals surface area (Å²) in [6.45, 7) is 0.459. The number of methoxy groups -OCH3 is 1. The maximum Gasteiger partial charge on any atom is 0.307 e. The molecule has 1 aromatic rings. The van der Waals surface area contributed by atoms with E-state index in [1.165, 1.54) is 7.11 Å². The highest BCUT2D eigenvalue weighted by molar-refractivity contribution is 7.80. The van der Waals surface area contributed by atoms with Crippen LogP contribution in [0.5, 0.6) is 0 Å². The van der Waals surface area contributed by atoms with Gasteiger partial charge >= 0.3 is 5.97 Å². The van der Waals surface area contributed by atoms with E-state index in [-0.39, 0.29) is 17.4 Å². The first-order valence-corrected chi connectivity index (χ1v) is 5.12. The molecule has 0 saturated heterocycles. The Hall–Kier alpha value is -1.69. The molecule has 0 aliphatic rings. The summed E-state index contributed by atoms with van der Waals surface area (Å²) in [4.78, 5) is 15.3. The molecule has 6 heteroatoms. The van der Waals surface area contributed by atoms with Crippen molar-refractivity contribution in [3.63, 3.8) is 0 Å². The topological polar surface area (TPSA) is 77.2 Å². The number of carbonyl (C=O) groups excluding carboxylic acids is 1. The normalized spacial score (nSPS) is 9.56. The molecule has 0 aromatic carbocycles. The summed E-state index contributed by atoms with van der Waals surface area (Å²) in [5.41, 5.74) is 6.00. The molecule has 0 spiro atoms. The smallest absolute Gasteiger partial charge is 0.307 e. The minimum absolute atomic E-state index is 0.247. The molecule has 1 rings (SSSR count). The zero-order valence-electron chi connectivity index (χ0n) is 8.90. The van der Waals surface area contributed by atoms with Gasteiger partial charge in [-0.1, -0.05) is 18.3 Å². The van der Waals surface area contributed by atoms with Crippen LogP contribution < -0.4 is 11.1 Å². The number of ether oxygens (including phenoxy) is 1. The van der Waals surface area contributed by atoms with Gasteiger partial charge in [0.05, 0.1) is 19.2 Å². The lowest BCUT2D eigenvalue weighted by atomic mass is 10.3. The number of thiocarbonyl (C=S) groups is 1. The molecule has 0 bridgehead atoms. The maximum atomic E-state index is 10.9. The Morgan fingerprint density at radius 3 is 3.00 bits per heavy atom. The Labute approximate surface area is 99.0 Å². The third-order valence-corrected chi connectivity index (χ3v) is 2.07. The van der Waals surface area contributed by atoms with Crippen LogP contribution in [-0.4, -0.2) is 29.6 Å². The van der Waals surface area contributed by atoms with Crippen LogP contribution in [0.15, 0.2) is 18.2 Å². The summed E-state index contributed by atoms with van der Waals surface area (Å²) in [5, 5.41) is 2.98. The molecule has 1 aromatic heterocycles. The van der Waals surface area contributed by atoms with Crippen LogP contribution in [0.1, 0.15) is 12.1 Å². The lowest BCUT2D eigenvalue weighted by Crippen LogP contribution is -2.14. The first-order chi connectivity index (χ1) is 7.63. The number of rotatable bonds is 5. The molecule has 86 valence electrons. The van der Waals surface area contributed by atoms with E-state index in [1.54, 1.807) is 18.2 Å². The summed E-state index contributed by atoms with van der Waals surface area (Å²) in [6.07, 6.45) is 0.287. The van der Waals surface area contributed by atoms with Crippen LogP contribution in [0, 0.1) is 0 Å². The molecule has 3 N–H and O–H groups in total. The first-order valence-electron chi connectivity index (χ1n) is 4.71. The van der Waals surface area contributed by atoms with Gasteiger partial charge in [-0.3, -0.25) is 4.79 Å². The van der Waals surface area contributed by atoms with Crippen LogP contribution in [0.4, 0.5) is 5.82 Å². The third-order valence-electron chi connectivity index (χ3n) is 1.86. The highest BCUT2D eigenvalue weighted by atomic mass is 32.1. The van der Waals surface area contributed by atoms with Gasteiger partial charge in [0.2, 0.25) is 0 Å². The van der Waals surface area contributed by atoms with Gasteiger partial charge < -0.3 is 15.8 Å². The van der Waals surface area contributed by atoms with E-state index in [4.69, 9.17) is 18.0 Å². The number of esters is 1. The fourth-order valence-electron chi connectivity index (χ4n) is 1.07. The Kier molecular flexibility index (Phi) is 4.65. The fraction of sp³-hybridized carbons (Fsp3) is 0.300. The Morgan fingerprint density at radius 1 is 1.62 bits per heavy atom. The number of anilines is 1. The molecule has 5 nitrogen and oxygen atoms in total. The second-order valence-electron chi connectivity index (χ2n) is 3.03. The van der Waals surface area contributed by atoms with Crippen molar-refractivity contribution < 1.29 is 9.53 Å². The Balaban J connectivity index is 2.51. The van der Waals surface area contributed by atoms with E-state index in [1.807, 2.05) is 0 Å². The Morgan fingerprint density at radius 2 is 2.38 bits per heavy atom. The second-order valence-corrected chi connectivity index (χ2v) is 3.47. The quantitative estimate of drug-likeness (QED) is 0.581. The predicted octanol–water partition coefficient (Wildman–Crippen LogP) is 0.691. The minimum Gasteiger partial charge on any atom is -0.469 e. The molecule has 0 aliphatic carbocycles. The zero-order chi connectivity index (χ0) is 12.0. The van der Waals surface area contributed by atoms with Crippen molar-refractivity contribution >= 4 is 29.0 Å². The molecule has 0 radical (unpaired) electrons. The molecular formula is C10H13N3O2S. The van der Waals surface area contributed by atoms with E-state index in [9.17, 15) is 4.79 Å². The largest absolute Gasteiger partial charge is 0.469 e. The van der Waals surface area contributed by atoms with Gasteiger partial charge in [0.15, 0.2) is 0 Å². The van der Waals surface area contributed by atoms with Crippen LogP contribution in [0.25, 0.3) is 0 Å². The molecule has 0 aliphatic heterocycles. The minimum atomic E-state index is -0.266. The van der Waals surface area contributed by atoms with Gasteiger partial charge in [0, 0.05) is 6.54 Å². The van der Waals surface area contributed by atoms with E-state index in [2.05, 4.69) is 15.0 Å². The van der Waals surface area contributed by atoms with E-state index >= 15 is 0 Å². The fourth-order valence-corrected chi connectivity index (χ4v) is 1.18. The van der Waals surface area contributed by atoms with Gasteiger partial charge in [-0.05, 0) is 12.1 Å². The van der Waals surface area contributed by atoms with Gasteiger partial charge in [0.25, 0.3) is 0 Å². The summed E-state index contributed by atoms with van der Waals surface area (Å²) in [5.74, 6) is 0.368. The summed E-state index contributed by atoms with van der Waals surface area (Å²) >= 11 is 4.81. The number of hydrogen-bond donors (Lipinski definition) is 2. The summed E-state index contributed by atoms with van der Waals surface area (Å²) in [6, 6.07) is 5.30. The van der Waals surface area contributed by atoms with Crippen molar-refractivity contribution in [1.82, 2.24) is 4.98 Å². The lowest BCUT2D eigenvalue weighted by molar-refractivity contribution is -0.140. The number of hydrogen-bond acceptors (Lipinski definition) is 5. The van der Waals surface area contributed by atoms with Gasteiger partial charge in [-0.2, -0.15) is 0 Å². The van der Waals surface area contributed by atoms with Crippen molar-refractivity contribution in [1.29, 1.82) is 0 Å². The molecule has 0 amide bonds. The number of nitrogens with zero attached hydrogens (tertiary/aromatic N) is 1. The molecular weight excluding hydrogens is 226 g/mol. The SMILES string of the molecule is COC(=O)CCNc1cccc(C(N)=S)n1. The molecule has 0 unspecified atom stereocenters. The van der Waals surface area contributed by atoms with Crippen LogP contribution in [0.2, 0.25) is 0 Å². The van der Waals surface area contributed by atoms with Gasteiger partial charge in [-0.15, -0.1) is 0 Å². The van der Waals surface area contributed by atoms with E-state index in [0.29, 0.717) is 18.1 Å². The number of carbonyl (C=O) groups is 1. The number of pyridine rings is 1. The van der Waals surface area contributed by atoms with Crippen molar-refractivity contribution in [3.8, 4) is 0 Å². The second kappa shape index (κ2) is 6.02. The molecule has 0 atom stereocenters. The molecule has 1 heterocycles. The van der Waals surface area contributed by atoms with Crippen LogP contribution in [-0.2, 0) is 9.53 Å². The maximum absolute atomic E-state index is 10.9. The standard InChI is InChI=1S/C10H13N3O2S/c1-15-9(14)5-6-12-8-4-2-3-7(13-8)10(11)16/h2-4H,5-6H2,1H3,(H2,11,16)(H,12,13). The molecule has 16 heavy (non-hydrogen) atoms. The summed E-state index contributed by atoms with van der Waals surface area (Å²) < 4.78 is 4.51. The first kappa shape index (κ1) is 12.4. The van der Waals surface area contributed by atoms with Crippen molar-refractivity contribution in [2.45, 2.75) is 6.42 Å². The molecule has 0 fully saturated rings. The van der Waals surface area contributed by atoms with Crippen molar-refractivity contribution in [3.05, 3.63) is 23.9 Å². The van der Waals surface area contributed by atoms with Gasteiger partial charge in [-0.25, -0.2) is 4.98 Å². The van der Waals surface area contributed by atoms with E-state index in [0.717, 1.165) is 0 Å². The van der Waals surface area contributed by atoms with Crippen LogP contribution >= 0.6 is 12.2 Å². The number of aromatic nitrogens is 1. The Bertz CT molecular complexity index is 395. The zero-order valence-corrected chi connectivity index (χ0v) is 9.71. The average molecular weight is 239 g/mol. The summed E-state index contributed by atoms with van der Waals surface area (Å²) in [7, 11) is 1.36. The average Bonchev–Trinajstić information content (AvgIpc) is 2.29. The van der Waals surface area contributed by atoms with Gasteiger partial charge in [0.1, 0.15) is 10.8 Å². The highest BCUT2D eigenvalue weighted by Crippen LogP contribution is 2.04. The monoisotopic (exact) mass is 239 g/mol. The highest BCUT2D eigenvalue weighted by Gasteiger charge is 2.02. The van der Waals surface area contributed by atoms with Crippen molar-refractivity contribution in [2.75, 3.05) is 19.0 Å². The number of nitrogens with one attached hydrogen (secondary N) is 1. The van der Waals surface area contributed by atoms with E-state index < -0.39 is 0 Å². The third kappa shape index (κ3) is 3.82.